The van der Waals surface area contributed by atoms with Gasteiger partial charge in [-0.3, -0.25) is 4.79 Å². The van der Waals surface area contributed by atoms with Gasteiger partial charge in [0, 0.05) is 26.4 Å². The maximum Gasteiger partial charge on any atom is 0.409 e. The summed E-state index contributed by atoms with van der Waals surface area (Å²) in [6.45, 7) is 8.64. The van der Waals surface area contributed by atoms with Gasteiger partial charge >= 0.3 is 12.1 Å². The van der Waals surface area contributed by atoms with Gasteiger partial charge in [0.15, 0.2) is 0 Å². The van der Waals surface area contributed by atoms with Gasteiger partial charge in [0.25, 0.3) is 0 Å². The molecule has 2 aromatic rings. The molecular weight excluding hydrogens is 598 g/mol. The largest absolute Gasteiger partial charge is 0.463 e. The van der Waals surface area contributed by atoms with Gasteiger partial charge in [-0.25, -0.2) is 4.79 Å². The molecule has 1 aliphatic carbocycles. The highest BCUT2D eigenvalue weighted by molar-refractivity contribution is 5.79. The summed E-state index contributed by atoms with van der Waals surface area (Å²) >= 11 is 0. The molecule has 0 saturated heterocycles. The second kappa shape index (κ2) is 23.3. The van der Waals surface area contributed by atoms with Crippen LogP contribution in [0.5, 0.6) is 0 Å². The molecule has 0 aliphatic heterocycles. The van der Waals surface area contributed by atoms with Crippen molar-refractivity contribution in [3.8, 4) is 11.1 Å². The van der Waals surface area contributed by atoms with Crippen molar-refractivity contribution < 1.29 is 52.2 Å². The third-order valence-electron chi connectivity index (χ3n) is 6.98. The van der Waals surface area contributed by atoms with Crippen LogP contribution < -0.4 is 0 Å². The number of benzene rings is 2. The van der Waals surface area contributed by atoms with E-state index in [1.165, 1.54) is 34.1 Å². The zero-order chi connectivity index (χ0) is 32.7. The normalized spacial score (nSPS) is 12.1. The predicted octanol–water partition coefficient (Wildman–Crippen LogP) is 3.55. The zero-order valence-corrected chi connectivity index (χ0v) is 27.2. The lowest BCUT2D eigenvalue weighted by atomic mass is 9.98. The van der Waals surface area contributed by atoms with Crippen LogP contribution in [0, 0.1) is 0 Å². The van der Waals surface area contributed by atoms with Gasteiger partial charge in [0.1, 0.15) is 13.2 Å². The summed E-state index contributed by atoms with van der Waals surface area (Å²) in [5.74, 6) is -0.276. The lowest BCUT2D eigenvalue weighted by molar-refractivity contribution is -0.142. The van der Waals surface area contributed by atoms with Gasteiger partial charge in [-0.05, 0) is 22.3 Å². The van der Waals surface area contributed by atoms with Crippen molar-refractivity contribution in [3.63, 3.8) is 0 Å². The van der Waals surface area contributed by atoms with Gasteiger partial charge < -0.3 is 47.5 Å². The molecule has 0 N–H and O–H groups in total. The molecule has 12 heteroatoms. The Balaban J connectivity index is 1.05. The Morgan fingerprint density at radius 2 is 0.913 bits per heavy atom. The average molecular weight is 648 g/mol. The van der Waals surface area contributed by atoms with Crippen molar-refractivity contribution in [3.05, 3.63) is 59.7 Å². The Hall–Kier alpha value is -3.10. The van der Waals surface area contributed by atoms with Crippen LogP contribution in [0.2, 0.25) is 0 Å². The maximum absolute atomic E-state index is 12.6. The van der Waals surface area contributed by atoms with E-state index in [-0.39, 0.29) is 24.6 Å². The van der Waals surface area contributed by atoms with Crippen molar-refractivity contribution in [2.45, 2.75) is 12.8 Å². The molecule has 0 radical (unpaired) electrons. The Labute approximate surface area is 272 Å². The first-order valence-corrected chi connectivity index (χ1v) is 15.8. The van der Waals surface area contributed by atoms with E-state index in [1.54, 1.807) is 7.05 Å². The number of rotatable bonds is 26. The van der Waals surface area contributed by atoms with E-state index in [0.29, 0.717) is 106 Å². The molecule has 12 nitrogen and oxygen atoms in total. The fraction of sp³-hybridized carbons (Fsp3) is 0.588. The first-order valence-electron chi connectivity index (χ1n) is 15.8. The van der Waals surface area contributed by atoms with E-state index in [1.807, 2.05) is 24.3 Å². The highest BCUT2D eigenvalue weighted by atomic mass is 16.6. The van der Waals surface area contributed by atoms with Crippen LogP contribution in [0.25, 0.3) is 11.1 Å². The van der Waals surface area contributed by atoms with Gasteiger partial charge in [0.05, 0.1) is 92.5 Å². The van der Waals surface area contributed by atoms with E-state index in [2.05, 4.69) is 24.3 Å². The number of likely N-dealkylation sites (N-methyl/N-ethyl adjacent to an activating group) is 1. The topological polar surface area (TPSA) is 120 Å². The van der Waals surface area contributed by atoms with Crippen molar-refractivity contribution >= 4 is 12.1 Å². The number of ether oxygens (including phenoxy) is 9. The molecular formula is C34H49NO11. The first kappa shape index (κ1) is 37.4. The number of amides is 1. The smallest absolute Gasteiger partial charge is 0.409 e. The second-order valence-electron chi connectivity index (χ2n) is 10.4. The van der Waals surface area contributed by atoms with Gasteiger partial charge in [0.2, 0.25) is 0 Å². The predicted molar refractivity (Wildman–Crippen MR) is 170 cm³/mol. The Kier molecular flexibility index (Phi) is 18.9. The maximum atomic E-state index is 12.6. The summed E-state index contributed by atoms with van der Waals surface area (Å²) in [4.78, 5) is 24.7. The summed E-state index contributed by atoms with van der Waals surface area (Å²) in [5, 5.41) is 0. The minimum atomic E-state index is -0.367. The van der Waals surface area contributed by atoms with Gasteiger partial charge in [-0.2, -0.15) is 0 Å². The van der Waals surface area contributed by atoms with E-state index in [0.717, 1.165) is 0 Å². The van der Waals surface area contributed by atoms with E-state index in [9.17, 15) is 9.59 Å². The van der Waals surface area contributed by atoms with Crippen LogP contribution in [0.4, 0.5) is 4.79 Å². The summed E-state index contributed by atoms with van der Waals surface area (Å²) in [7, 11) is 1.71. The molecule has 256 valence electrons. The number of carbonyl (C=O) groups excluding carboxylic acids is 2. The highest BCUT2D eigenvalue weighted by Gasteiger charge is 2.29. The number of nitrogens with zero attached hydrogens (tertiary/aromatic N) is 1. The van der Waals surface area contributed by atoms with Gasteiger partial charge in [-0.1, -0.05) is 48.5 Å². The number of hydrogen-bond acceptors (Lipinski definition) is 11. The summed E-state index contributed by atoms with van der Waals surface area (Å²) in [5.41, 5.74) is 4.79. The third-order valence-corrected chi connectivity index (χ3v) is 6.98. The number of carbonyl (C=O) groups is 2. The monoisotopic (exact) mass is 647 g/mol. The van der Waals surface area contributed by atoms with E-state index < -0.39 is 0 Å². The van der Waals surface area contributed by atoms with Crippen molar-refractivity contribution in [2.75, 3.05) is 119 Å². The molecule has 1 amide bonds. The van der Waals surface area contributed by atoms with E-state index >= 15 is 0 Å². The Morgan fingerprint density at radius 3 is 1.33 bits per heavy atom. The summed E-state index contributed by atoms with van der Waals surface area (Å²) in [6.07, 6.45) is -0.367. The molecule has 0 heterocycles. The summed E-state index contributed by atoms with van der Waals surface area (Å²) < 4.78 is 48.6. The van der Waals surface area contributed by atoms with Crippen LogP contribution in [0.3, 0.4) is 0 Å². The van der Waals surface area contributed by atoms with Gasteiger partial charge in [-0.15, -0.1) is 0 Å². The fourth-order valence-electron chi connectivity index (χ4n) is 4.66. The minimum absolute atomic E-state index is 0.0388. The molecule has 0 spiro atoms. The van der Waals surface area contributed by atoms with Crippen molar-refractivity contribution in [1.82, 2.24) is 4.90 Å². The summed E-state index contributed by atoms with van der Waals surface area (Å²) in [6, 6.07) is 16.6. The van der Waals surface area contributed by atoms with Crippen LogP contribution in [0.1, 0.15) is 24.0 Å². The van der Waals surface area contributed by atoms with E-state index in [4.69, 9.17) is 42.6 Å². The van der Waals surface area contributed by atoms with Crippen LogP contribution in [-0.4, -0.2) is 136 Å². The lowest BCUT2D eigenvalue weighted by Crippen LogP contribution is -2.32. The third kappa shape index (κ3) is 14.5. The highest BCUT2D eigenvalue weighted by Crippen LogP contribution is 2.44. The average Bonchev–Trinajstić information content (AvgIpc) is 3.38. The first-order chi connectivity index (χ1) is 22.6. The second-order valence-corrected chi connectivity index (χ2v) is 10.4. The molecule has 0 aromatic heterocycles. The SMILES string of the molecule is CC(=O)OCCOCCOCCOCCOCCOCCOCCOCCN(C)C(=O)OCC1c2ccccc2-c2ccccc21. The molecule has 0 fully saturated rings. The zero-order valence-electron chi connectivity index (χ0n) is 27.2. The van der Waals surface area contributed by atoms with Crippen LogP contribution in [-0.2, 0) is 47.4 Å². The molecule has 2 aromatic carbocycles. The molecule has 0 bridgehead atoms. The van der Waals surface area contributed by atoms with Crippen molar-refractivity contribution in [2.24, 2.45) is 0 Å². The van der Waals surface area contributed by atoms with Crippen LogP contribution in [0.15, 0.2) is 48.5 Å². The number of hydrogen-bond donors (Lipinski definition) is 0. The Bertz CT molecular complexity index is 1090. The lowest BCUT2D eigenvalue weighted by Gasteiger charge is -2.19. The molecule has 0 saturated carbocycles. The standard InChI is InChI=1S/C34H49NO11/c1-28(36)45-26-25-44-24-23-43-22-21-42-20-19-41-18-17-40-16-15-39-14-13-38-12-11-35(2)34(37)46-27-33-31-9-5-3-7-29(31)30-8-4-6-10-32(30)33/h3-10,33H,11-27H2,1-2H3. The quantitative estimate of drug-likeness (QED) is 0.110. The van der Waals surface area contributed by atoms with Crippen molar-refractivity contribution in [1.29, 1.82) is 0 Å². The Morgan fingerprint density at radius 1 is 0.543 bits per heavy atom. The molecule has 3 rings (SSSR count). The molecule has 0 unspecified atom stereocenters. The number of esters is 1. The molecule has 1 aliphatic rings. The van der Waals surface area contributed by atoms with Crippen LogP contribution >= 0.6 is 0 Å². The number of fused-ring (bicyclic) bond motifs is 3. The molecule has 46 heavy (non-hydrogen) atoms. The molecule has 0 atom stereocenters. The fourth-order valence-corrected chi connectivity index (χ4v) is 4.66. The minimum Gasteiger partial charge on any atom is -0.463 e.